The highest BCUT2D eigenvalue weighted by atomic mass is 79.9. The zero-order chi connectivity index (χ0) is 13.8. The summed E-state index contributed by atoms with van der Waals surface area (Å²) in [7, 11) is 0. The molecule has 0 saturated carbocycles. The summed E-state index contributed by atoms with van der Waals surface area (Å²) < 4.78 is 1.07. The van der Waals surface area contributed by atoms with Crippen LogP contribution in [0.4, 0.5) is 0 Å². The predicted molar refractivity (Wildman–Crippen MR) is 87.8 cm³/mol. The van der Waals surface area contributed by atoms with Gasteiger partial charge in [-0.3, -0.25) is 0 Å². The van der Waals surface area contributed by atoms with E-state index in [0.29, 0.717) is 0 Å². The van der Waals surface area contributed by atoms with Gasteiger partial charge < -0.3 is 5.73 Å². The van der Waals surface area contributed by atoms with E-state index in [4.69, 9.17) is 17.3 Å². The van der Waals surface area contributed by atoms with Gasteiger partial charge in [-0.1, -0.05) is 51.8 Å². The number of nitrogens with two attached hydrogens (primary N) is 1. The average molecular weight is 357 g/mol. The molecule has 0 spiro atoms. The molecule has 19 heavy (non-hydrogen) atoms. The quantitative estimate of drug-likeness (QED) is 0.741. The summed E-state index contributed by atoms with van der Waals surface area (Å²) in [6.45, 7) is 2.00. The standard InChI is InChI=1S/C15H15BrClNS/c1-10(18)13-7-6-12(16)8-15(13)19-9-11-4-2-3-5-14(11)17/h2-8,10H,9,18H2,1H3. The maximum Gasteiger partial charge on any atom is 0.0446 e. The monoisotopic (exact) mass is 355 g/mol. The molecule has 1 atom stereocenters. The zero-order valence-corrected chi connectivity index (χ0v) is 13.7. The molecule has 0 fully saturated rings. The molecule has 100 valence electrons. The lowest BCUT2D eigenvalue weighted by atomic mass is 10.1. The molecule has 2 N–H and O–H groups in total. The van der Waals surface area contributed by atoms with Gasteiger partial charge >= 0.3 is 0 Å². The van der Waals surface area contributed by atoms with E-state index >= 15 is 0 Å². The van der Waals surface area contributed by atoms with E-state index in [2.05, 4.69) is 34.1 Å². The third-order valence-corrected chi connectivity index (χ3v) is 4.79. The van der Waals surface area contributed by atoms with Crippen LogP contribution in [0.5, 0.6) is 0 Å². The molecule has 1 nitrogen and oxygen atoms in total. The lowest BCUT2D eigenvalue weighted by Gasteiger charge is -2.13. The maximum absolute atomic E-state index is 6.18. The molecule has 0 aliphatic rings. The number of halogens is 2. The first kappa shape index (κ1) is 14.9. The molecule has 2 aromatic rings. The van der Waals surface area contributed by atoms with E-state index in [1.54, 1.807) is 11.8 Å². The summed E-state index contributed by atoms with van der Waals surface area (Å²) in [6.07, 6.45) is 0. The van der Waals surface area contributed by atoms with Crippen molar-refractivity contribution in [2.75, 3.05) is 0 Å². The van der Waals surface area contributed by atoms with E-state index < -0.39 is 0 Å². The van der Waals surface area contributed by atoms with Gasteiger partial charge in [0, 0.05) is 26.2 Å². The number of rotatable bonds is 4. The van der Waals surface area contributed by atoms with Crippen LogP contribution in [0.1, 0.15) is 24.1 Å². The SMILES string of the molecule is CC(N)c1ccc(Br)cc1SCc1ccccc1Cl. The van der Waals surface area contributed by atoms with E-state index in [9.17, 15) is 0 Å². The van der Waals surface area contributed by atoms with Gasteiger partial charge in [-0.05, 0) is 36.2 Å². The Labute approximate surface area is 131 Å². The van der Waals surface area contributed by atoms with Gasteiger partial charge in [-0.15, -0.1) is 11.8 Å². The van der Waals surface area contributed by atoms with E-state index in [-0.39, 0.29) is 6.04 Å². The lowest BCUT2D eigenvalue weighted by Crippen LogP contribution is -2.06. The van der Waals surface area contributed by atoms with Crippen LogP contribution in [-0.4, -0.2) is 0 Å². The van der Waals surface area contributed by atoms with Crippen molar-refractivity contribution in [3.05, 3.63) is 63.1 Å². The van der Waals surface area contributed by atoms with Gasteiger partial charge in [0.2, 0.25) is 0 Å². The maximum atomic E-state index is 6.18. The summed E-state index contributed by atoms with van der Waals surface area (Å²) in [6, 6.07) is 14.2. The first-order chi connectivity index (χ1) is 9.08. The molecule has 4 heteroatoms. The highest BCUT2D eigenvalue weighted by Gasteiger charge is 2.09. The van der Waals surface area contributed by atoms with Crippen molar-refractivity contribution in [3.63, 3.8) is 0 Å². The summed E-state index contributed by atoms with van der Waals surface area (Å²) in [5.74, 6) is 0.843. The van der Waals surface area contributed by atoms with Crippen LogP contribution in [0.25, 0.3) is 0 Å². The fourth-order valence-corrected chi connectivity index (χ4v) is 3.77. The second kappa shape index (κ2) is 6.80. The van der Waals surface area contributed by atoms with Crippen molar-refractivity contribution in [2.45, 2.75) is 23.6 Å². The Balaban J connectivity index is 2.19. The van der Waals surface area contributed by atoms with Crippen LogP contribution >= 0.6 is 39.3 Å². The molecular weight excluding hydrogens is 342 g/mol. The van der Waals surface area contributed by atoms with Crippen LogP contribution < -0.4 is 5.73 Å². The molecule has 0 bridgehead atoms. The van der Waals surface area contributed by atoms with Crippen molar-refractivity contribution in [1.29, 1.82) is 0 Å². The minimum absolute atomic E-state index is 0.0295. The zero-order valence-electron chi connectivity index (χ0n) is 10.6. The molecule has 1 unspecified atom stereocenters. The van der Waals surface area contributed by atoms with Gasteiger partial charge in [-0.2, -0.15) is 0 Å². The van der Waals surface area contributed by atoms with Crippen LogP contribution in [0.15, 0.2) is 51.8 Å². The Morgan fingerprint density at radius 3 is 2.68 bits per heavy atom. The third-order valence-electron chi connectivity index (χ3n) is 2.81. The molecule has 0 aliphatic carbocycles. The Morgan fingerprint density at radius 2 is 2.00 bits per heavy atom. The number of thioether (sulfide) groups is 1. The summed E-state index contributed by atoms with van der Waals surface area (Å²) in [5.41, 5.74) is 8.32. The van der Waals surface area contributed by atoms with Gasteiger partial charge in [0.15, 0.2) is 0 Å². The van der Waals surface area contributed by atoms with Crippen molar-refractivity contribution in [1.82, 2.24) is 0 Å². The van der Waals surface area contributed by atoms with Gasteiger partial charge in [0.05, 0.1) is 0 Å². The first-order valence-electron chi connectivity index (χ1n) is 5.99. The Bertz CT molecular complexity index is 572. The van der Waals surface area contributed by atoms with Crippen LogP contribution in [0, 0.1) is 0 Å². The minimum Gasteiger partial charge on any atom is -0.324 e. The van der Waals surface area contributed by atoms with E-state index in [0.717, 1.165) is 20.8 Å². The van der Waals surface area contributed by atoms with Crippen molar-refractivity contribution < 1.29 is 0 Å². The highest BCUT2D eigenvalue weighted by Crippen LogP contribution is 2.33. The highest BCUT2D eigenvalue weighted by molar-refractivity contribution is 9.10. The Hall–Kier alpha value is -0.480. The molecule has 0 aliphatic heterocycles. The largest absolute Gasteiger partial charge is 0.324 e. The van der Waals surface area contributed by atoms with Crippen LogP contribution in [0.3, 0.4) is 0 Å². The molecule has 0 saturated heterocycles. The normalized spacial score (nSPS) is 12.4. The van der Waals surface area contributed by atoms with E-state index in [1.807, 2.05) is 31.2 Å². The Morgan fingerprint density at radius 1 is 1.26 bits per heavy atom. The smallest absolute Gasteiger partial charge is 0.0446 e. The molecule has 0 amide bonds. The summed E-state index contributed by atoms with van der Waals surface area (Å²) >= 11 is 11.4. The van der Waals surface area contributed by atoms with Crippen molar-refractivity contribution in [2.24, 2.45) is 5.73 Å². The van der Waals surface area contributed by atoms with Gasteiger partial charge in [-0.25, -0.2) is 0 Å². The molecule has 0 radical (unpaired) electrons. The van der Waals surface area contributed by atoms with Crippen LogP contribution in [0.2, 0.25) is 5.02 Å². The molecule has 2 rings (SSSR count). The van der Waals surface area contributed by atoms with Gasteiger partial charge in [0.25, 0.3) is 0 Å². The number of hydrogen-bond acceptors (Lipinski definition) is 2. The second-order valence-electron chi connectivity index (χ2n) is 4.35. The Kier molecular flexibility index (Phi) is 5.34. The van der Waals surface area contributed by atoms with Crippen molar-refractivity contribution >= 4 is 39.3 Å². The first-order valence-corrected chi connectivity index (χ1v) is 8.15. The number of benzene rings is 2. The molecular formula is C15H15BrClNS. The minimum atomic E-state index is 0.0295. The number of hydrogen-bond donors (Lipinski definition) is 1. The van der Waals surface area contributed by atoms with Crippen LogP contribution in [-0.2, 0) is 5.75 Å². The fraction of sp³-hybridized carbons (Fsp3) is 0.200. The topological polar surface area (TPSA) is 26.0 Å². The fourth-order valence-electron chi connectivity index (χ4n) is 1.78. The summed E-state index contributed by atoms with van der Waals surface area (Å²) in [4.78, 5) is 1.20. The third kappa shape index (κ3) is 3.99. The van der Waals surface area contributed by atoms with E-state index in [1.165, 1.54) is 10.5 Å². The van der Waals surface area contributed by atoms with Gasteiger partial charge in [0.1, 0.15) is 0 Å². The molecule has 0 aromatic heterocycles. The van der Waals surface area contributed by atoms with Crippen molar-refractivity contribution in [3.8, 4) is 0 Å². The lowest BCUT2D eigenvalue weighted by molar-refractivity contribution is 0.797. The average Bonchev–Trinajstić information content (AvgIpc) is 2.37. The summed E-state index contributed by atoms with van der Waals surface area (Å²) in [5, 5.41) is 0.812. The predicted octanol–water partition coefficient (Wildman–Crippen LogP) is 5.41. The molecule has 2 aromatic carbocycles. The molecule has 0 heterocycles. The second-order valence-corrected chi connectivity index (χ2v) is 6.69.